The van der Waals surface area contributed by atoms with Crippen LogP contribution in [0.4, 0.5) is 0 Å². The van der Waals surface area contributed by atoms with Gasteiger partial charge in [-0.3, -0.25) is 4.79 Å². The first-order chi connectivity index (χ1) is 3.89. The highest BCUT2D eigenvalue weighted by Gasteiger charge is 1.96. The van der Waals surface area contributed by atoms with E-state index in [0.29, 0.717) is 5.75 Å². The molecule has 0 N–H and O–H groups in total. The fourth-order valence-corrected chi connectivity index (χ4v) is 0.720. The van der Waals surface area contributed by atoms with Crippen LogP contribution < -0.4 is 0 Å². The number of allylic oxidation sites excluding steroid dienone is 1. The lowest BCUT2D eigenvalue weighted by Crippen LogP contribution is -1.92. The van der Waals surface area contributed by atoms with Crippen molar-refractivity contribution in [1.82, 2.24) is 0 Å². The van der Waals surface area contributed by atoms with E-state index < -0.39 is 0 Å². The van der Waals surface area contributed by atoms with E-state index in [4.69, 9.17) is 0 Å². The molecular weight excluding hydrogens is 124 g/mol. The topological polar surface area (TPSA) is 41.8 Å². The highest BCUT2D eigenvalue weighted by molar-refractivity contribution is 7.98. The summed E-state index contributed by atoms with van der Waals surface area (Å²) in [5, 5.41) is 3.51. The normalized spacial score (nSPS) is 18.8. The molecule has 0 aromatic heterocycles. The molecule has 0 saturated carbocycles. The molecule has 0 amide bonds. The third kappa shape index (κ3) is 1.46. The SMILES string of the molecule is O=C1C=CN=NSC1. The Labute approximate surface area is 51.0 Å². The molecule has 3 nitrogen and oxygen atoms in total. The summed E-state index contributed by atoms with van der Waals surface area (Å²) in [5.41, 5.74) is 0. The number of hydrogen-bond acceptors (Lipinski definition) is 4. The molecule has 0 spiro atoms. The van der Waals surface area contributed by atoms with Crippen LogP contribution in [0, 0.1) is 0 Å². The number of nitrogens with zero attached hydrogens (tertiary/aromatic N) is 2. The van der Waals surface area contributed by atoms with Gasteiger partial charge < -0.3 is 0 Å². The Morgan fingerprint density at radius 2 is 2.62 bits per heavy atom. The molecular formula is C4H4N2OS. The zero-order valence-corrected chi connectivity index (χ0v) is 4.89. The second-order valence-corrected chi connectivity index (χ2v) is 1.96. The number of carbonyl (C=O) groups excluding carboxylic acids is 1. The van der Waals surface area contributed by atoms with Gasteiger partial charge in [-0.2, -0.15) is 5.11 Å². The molecule has 1 aliphatic rings. The molecule has 0 saturated heterocycles. The Morgan fingerprint density at radius 3 is 3.50 bits per heavy atom. The standard InChI is InChI=1S/C4H4N2OS/c7-4-1-2-5-6-8-3-4/h1-2H,3H2. The van der Waals surface area contributed by atoms with Gasteiger partial charge in [0.15, 0.2) is 5.78 Å². The van der Waals surface area contributed by atoms with Crippen LogP contribution in [0.2, 0.25) is 0 Å². The quantitative estimate of drug-likeness (QED) is 0.460. The third-order valence-electron chi connectivity index (χ3n) is 0.639. The molecule has 0 aromatic rings. The minimum absolute atomic E-state index is 0.0694. The van der Waals surface area contributed by atoms with Crippen LogP contribution in [0.5, 0.6) is 0 Å². The minimum atomic E-state index is 0.0694. The van der Waals surface area contributed by atoms with Gasteiger partial charge in [0.05, 0.1) is 12.0 Å². The van der Waals surface area contributed by atoms with Crippen molar-refractivity contribution in [2.75, 3.05) is 5.75 Å². The smallest absolute Gasteiger partial charge is 0.169 e. The Balaban J connectivity index is 2.58. The van der Waals surface area contributed by atoms with Crippen molar-refractivity contribution in [2.45, 2.75) is 0 Å². The Kier molecular flexibility index (Phi) is 1.80. The van der Waals surface area contributed by atoms with Crippen molar-refractivity contribution in [1.29, 1.82) is 0 Å². The lowest BCUT2D eigenvalue weighted by molar-refractivity contribution is -0.112. The number of rotatable bonds is 0. The molecule has 0 radical (unpaired) electrons. The van der Waals surface area contributed by atoms with E-state index in [2.05, 4.69) is 9.63 Å². The van der Waals surface area contributed by atoms with Gasteiger partial charge in [-0.15, -0.1) is 4.52 Å². The summed E-state index contributed by atoms with van der Waals surface area (Å²) in [6, 6.07) is 0. The van der Waals surface area contributed by atoms with Crippen molar-refractivity contribution in [3.05, 3.63) is 12.3 Å². The Morgan fingerprint density at radius 1 is 1.75 bits per heavy atom. The lowest BCUT2D eigenvalue weighted by atomic mass is 10.4. The number of ketones is 1. The predicted octanol–water partition coefficient (Wildman–Crippen LogP) is 1.18. The minimum Gasteiger partial charge on any atom is -0.294 e. The summed E-state index contributed by atoms with van der Waals surface area (Å²) in [6.45, 7) is 0. The van der Waals surface area contributed by atoms with Crippen LogP contribution in [0.3, 0.4) is 0 Å². The van der Waals surface area contributed by atoms with Gasteiger partial charge in [0.2, 0.25) is 0 Å². The number of carbonyl (C=O) groups is 1. The Hall–Kier alpha value is -0.640. The average molecular weight is 128 g/mol. The van der Waals surface area contributed by atoms with Gasteiger partial charge in [0.25, 0.3) is 0 Å². The first-order valence-corrected chi connectivity index (χ1v) is 3.05. The van der Waals surface area contributed by atoms with E-state index in [0.717, 1.165) is 0 Å². The van der Waals surface area contributed by atoms with E-state index in [1.807, 2.05) is 0 Å². The molecule has 8 heavy (non-hydrogen) atoms. The summed E-state index contributed by atoms with van der Waals surface area (Å²) in [5.74, 6) is 0.486. The van der Waals surface area contributed by atoms with E-state index in [-0.39, 0.29) is 5.78 Å². The molecule has 0 aliphatic carbocycles. The molecule has 0 fully saturated rings. The summed E-state index contributed by atoms with van der Waals surface area (Å²) >= 11 is 1.17. The first kappa shape index (κ1) is 5.50. The summed E-state index contributed by atoms with van der Waals surface area (Å²) in [6.07, 6.45) is 2.83. The van der Waals surface area contributed by atoms with E-state index >= 15 is 0 Å². The van der Waals surface area contributed by atoms with Crippen LogP contribution in [-0.2, 0) is 4.79 Å². The van der Waals surface area contributed by atoms with Crippen LogP contribution in [0.15, 0.2) is 21.9 Å². The summed E-state index contributed by atoms with van der Waals surface area (Å²) in [4.78, 5) is 10.5. The van der Waals surface area contributed by atoms with Crippen molar-refractivity contribution in [3.63, 3.8) is 0 Å². The fourth-order valence-electron chi connectivity index (χ4n) is 0.318. The molecule has 0 atom stereocenters. The molecule has 1 rings (SSSR count). The second kappa shape index (κ2) is 2.61. The number of hydrogen-bond donors (Lipinski definition) is 0. The maximum absolute atomic E-state index is 10.5. The van der Waals surface area contributed by atoms with Crippen LogP contribution in [-0.4, -0.2) is 11.5 Å². The molecule has 1 heterocycles. The average Bonchev–Trinajstić information content (AvgIpc) is 1.94. The van der Waals surface area contributed by atoms with Crippen LogP contribution in [0.1, 0.15) is 0 Å². The van der Waals surface area contributed by atoms with Gasteiger partial charge in [0.1, 0.15) is 0 Å². The molecule has 0 aromatic carbocycles. The lowest BCUT2D eigenvalue weighted by Gasteiger charge is -1.79. The van der Waals surface area contributed by atoms with Gasteiger partial charge in [-0.05, 0) is 0 Å². The third-order valence-corrected chi connectivity index (χ3v) is 1.26. The fraction of sp³-hybridized carbons (Fsp3) is 0.250. The molecule has 1 aliphatic heterocycles. The van der Waals surface area contributed by atoms with E-state index in [1.54, 1.807) is 0 Å². The zero-order chi connectivity index (χ0) is 5.82. The highest BCUT2D eigenvalue weighted by Crippen LogP contribution is 2.06. The molecule has 0 bridgehead atoms. The highest BCUT2D eigenvalue weighted by atomic mass is 32.2. The van der Waals surface area contributed by atoms with E-state index in [1.165, 1.54) is 24.2 Å². The van der Waals surface area contributed by atoms with Crippen molar-refractivity contribution >= 4 is 17.7 Å². The maximum atomic E-state index is 10.5. The molecule has 0 unspecified atom stereocenters. The van der Waals surface area contributed by atoms with Crippen molar-refractivity contribution in [3.8, 4) is 0 Å². The zero-order valence-electron chi connectivity index (χ0n) is 4.07. The van der Waals surface area contributed by atoms with Gasteiger partial charge in [0, 0.05) is 18.0 Å². The largest absolute Gasteiger partial charge is 0.294 e. The maximum Gasteiger partial charge on any atom is 0.169 e. The van der Waals surface area contributed by atoms with Crippen LogP contribution in [0.25, 0.3) is 0 Å². The van der Waals surface area contributed by atoms with Gasteiger partial charge in [-0.25, -0.2) is 0 Å². The van der Waals surface area contributed by atoms with E-state index in [9.17, 15) is 4.79 Å². The van der Waals surface area contributed by atoms with Crippen molar-refractivity contribution in [2.24, 2.45) is 9.63 Å². The van der Waals surface area contributed by atoms with Crippen molar-refractivity contribution < 1.29 is 4.79 Å². The second-order valence-electron chi connectivity index (χ2n) is 1.25. The van der Waals surface area contributed by atoms with Gasteiger partial charge >= 0.3 is 0 Å². The summed E-state index contributed by atoms with van der Waals surface area (Å²) < 4.78 is 3.56. The predicted molar refractivity (Wildman–Crippen MR) is 31.5 cm³/mol. The molecule has 42 valence electrons. The van der Waals surface area contributed by atoms with Gasteiger partial charge in [-0.1, -0.05) is 0 Å². The Bertz CT molecular complexity index is 152. The monoisotopic (exact) mass is 128 g/mol. The van der Waals surface area contributed by atoms with Crippen LogP contribution >= 0.6 is 11.9 Å². The summed E-state index contributed by atoms with van der Waals surface area (Å²) in [7, 11) is 0. The first-order valence-electron chi connectivity index (χ1n) is 2.11. The molecule has 4 heteroatoms.